The number of aliphatic hydroxyl groups excluding tert-OH is 1. The number of rotatable bonds is 20. The van der Waals surface area contributed by atoms with E-state index in [-0.39, 0.29) is 0 Å². The lowest BCUT2D eigenvalue weighted by atomic mass is 10.0. The van der Waals surface area contributed by atoms with Crippen molar-refractivity contribution >= 4 is 5.97 Å². The molecule has 0 radical (unpaired) electrons. The van der Waals surface area contributed by atoms with Crippen LogP contribution in [0.15, 0.2) is 12.2 Å². The molecule has 0 aromatic rings. The topological polar surface area (TPSA) is 57.5 Å². The van der Waals surface area contributed by atoms with Crippen LogP contribution in [0.3, 0.4) is 0 Å². The molecule has 3 heteroatoms. The summed E-state index contributed by atoms with van der Waals surface area (Å²) >= 11 is 0. The van der Waals surface area contributed by atoms with Crippen molar-refractivity contribution in [1.82, 2.24) is 0 Å². The fourth-order valence-corrected chi connectivity index (χ4v) is 3.24. The van der Waals surface area contributed by atoms with Gasteiger partial charge >= 0.3 is 5.97 Å². The molecule has 26 heavy (non-hydrogen) atoms. The first-order chi connectivity index (χ1) is 12.7. The second kappa shape index (κ2) is 20.5. The van der Waals surface area contributed by atoms with Gasteiger partial charge in [-0.25, -0.2) is 4.79 Å². The molecule has 1 atom stereocenters. The van der Waals surface area contributed by atoms with E-state index >= 15 is 0 Å². The van der Waals surface area contributed by atoms with Crippen molar-refractivity contribution in [2.24, 2.45) is 0 Å². The summed E-state index contributed by atoms with van der Waals surface area (Å²) in [5, 5.41) is 17.7. The van der Waals surface area contributed by atoms with Crippen molar-refractivity contribution in [3.05, 3.63) is 12.2 Å². The van der Waals surface area contributed by atoms with Gasteiger partial charge in [-0.3, -0.25) is 0 Å². The Labute approximate surface area is 162 Å². The third-order valence-corrected chi connectivity index (χ3v) is 5.02. The van der Waals surface area contributed by atoms with Gasteiger partial charge in [-0.2, -0.15) is 0 Å². The smallest absolute Gasteiger partial charge is 0.332 e. The van der Waals surface area contributed by atoms with E-state index in [1.807, 2.05) is 0 Å². The van der Waals surface area contributed by atoms with Crippen LogP contribution in [0.25, 0.3) is 0 Å². The van der Waals surface area contributed by atoms with E-state index in [1.165, 1.54) is 89.9 Å². The van der Waals surface area contributed by atoms with Gasteiger partial charge in [0.2, 0.25) is 0 Å². The second-order valence-corrected chi connectivity index (χ2v) is 7.64. The quantitative estimate of drug-likeness (QED) is 0.179. The van der Waals surface area contributed by atoms with Crippen LogP contribution in [0.5, 0.6) is 0 Å². The highest BCUT2D eigenvalue weighted by Gasteiger charge is 2.11. The van der Waals surface area contributed by atoms with Crippen LogP contribution in [-0.2, 0) is 4.79 Å². The standard InChI is InChI=1S/C23H44O3/c1-2-3-4-5-6-7-8-9-10-11-12-13-14-15-16-17-18-19-20-21-22(24)23(25)26/h7-8,22,24H,2-6,9-21H2,1H3,(H,25,26)/b8-7-/t22-/m1/s1. The summed E-state index contributed by atoms with van der Waals surface area (Å²) in [6.07, 6.45) is 25.6. The van der Waals surface area contributed by atoms with Crippen LogP contribution in [-0.4, -0.2) is 22.3 Å². The molecule has 0 rings (SSSR count). The van der Waals surface area contributed by atoms with Crippen molar-refractivity contribution in [2.45, 2.75) is 129 Å². The molecule has 0 aromatic carbocycles. The minimum Gasteiger partial charge on any atom is -0.479 e. The van der Waals surface area contributed by atoms with Crippen molar-refractivity contribution in [3.63, 3.8) is 0 Å². The second-order valence-electron chi connectivity index (χ2n) is 7.64. The van der Waals surface area contributed by atoms with Gasteiger partial charge in [-0.1, -0.05) is 103 Å². The number of hydrogen-bond donors (Lipinski definition) is 2. The molecule has 0 spiro atoms. The highest BCUT2D eigenvalue weighted by atomic mass is 16.4. The van der Waals surface area contributed by atoms with Gasteiger partial charge in [0.1, 0.15) is 0 Å². The van der Waals surface area contributed by atoms with Crippen LogP contribution in [0, 0.1) is 0 Å². The molecule has 0 aliphatic rings. The molecule has 0 bridgehead atoms. The Kier molecular flexibility index (Phi) is 19.8. The number of hydrogen-bond acceptors (Lipinski definition) is 2. The van der Waals surface area contributed by atoms with E-state index in [4.69, 9.17) is 10.2 Å². The Morgan fingerprint density at radius 3 is 1.50 bits per heavy atom. The van der Waals surface area contributed by atoms with E-state index in [1.54, 1.807) is 0 Å². The van der Waals surface area contributed by atoms with Crippen LogP contribution in [0.4, 0.5) is 0 Å². The first-order valence-corrected chi connectivity index (χ1v) is 11.2. The monoisotopic (exact) mass is 368 g/mol. The Hall–Kier alpha value is -0.830. The summed E-state index contributed by atoms with van der Waals surface area (Å²) < 4.78 is 0. The van der Waals surface area contributed by atoms with Crippen molar-refractivity contribution in [3.8, 4) is 0 Å². The predicted octanol–water partition coefficient (Wildman–Crippen LogP) is 7.03. The van der Waals surface area contributed by atoms with Crippen molar-refractivity contribution < 1.29 is 15.0 Å². The zero-order valence-electron chi connectivity index (χ0n) is 17.3. The number of carboxylic acids is 1. The molecule has 0 saturated heterocycles. The fraction of sp³-hybridized carbons (Fsp3) is 0.870. The normalized spacial score (nSPS) is 12.7. The highest BCUT2D eigenvalue weighted by molar-refractivity contribution is 5.71. The van der Waals surface area contributed by atoms with Crippen LogP contribution >= 0.6 is 0 Å². The lowest BCUT2D eigenvalue weighted by molar-refractivity contribution is -0.146. The summed E-state index contributed by atoms with van der Waals surface area (Å²) in [6, 6.07) is 0. The van der Waals surface area contributed by atoms with Gasteiger partial charge in [0, 0.05) is 0 Å². The molecule has 0 fully saturated rings. The first-order valence-electron chi connectivity index (χ1n) is 11.2. The maximum absolute atomic E-state index is 10.5. The molecule has 0 unspecified atom stereocenters. The Morgan fingerprint density at radius 2 is 1.08 bits per heavy atom. The maximum Gasteiger partial charge on any atom is 0.332 e. The highest BCUT2D eigenvalue weighted by Crippen LogP contribution is 2.13. The van der Waals surface area contributed by atoms with Gasteiger partial charge in [0.25, 0.3) is 0 Å². The minimum atomic E-state index is -1.17. The third-order valence-electron chi connectivity index (χ3n) is 5.02. The van der Waals surface area contributed by atoms with E-state index in [0.717, 1.165) is 19.3 Å². The maximum atomic E-state index is 10.5. The lowest BCUT2D eigenvalue weighted by Gasteiger charge is -2.05. The summed E-state index contributed by atoms with van der Waals surface area (Å²) in [4.78, 5) is 10.5. The third kappa shape index (κ3) is 19.5. The molecular weight excluding hydrogens is 324 g/mol. The summed E-state index contributed by atoms with van der Waals surface area (Å²) in [6.45, 7) is 2.26. The number of aliphatic hydroxyl groups is 1. The zero-order chi connectivity index (χ0) is 19.3. The average Bonchev–Trinajstić information content (AvgIpc) is 2.63. The molecule has 0 aliphatic carbocycles. The molecular formula is C23H44O3. The summed E-state index contributed by atoms with van der Waals surface area (Å²) in [5.41, 5.74) is 0. The van der Waals surface area contributed by atoms with E-state index < -0.39 is 12.1 Å². The number of carboxylic acid groups (broad SMARTS) is 1. The van der Waals surface area contributed by atoms with Crippen LogP contribution < -0.4 is 0 Å². The molecule has 3 nitrogen and oxygen atoms in total. The van der Waals surface area contributed by atoms with Crippen molar-refractivity contribution in [2.75, 3.05) is 0 Å². The minimum absolute atomic E-state index is 0.392. The zero-order valence-corrected chi connectivity index (χ0v) is 17.3. The number of allylic oxidation sites excluding steroid dienone is 2. The van der Waals surface area contributed by atoms with E-state index in [0.29, 0.717) is 6.42 Å². The molecule has 2 N–H and O–H groups in total. The SMILES string of the molecule is CCCCCC/C=C\CCCCCCCCCCCCC[C@@H](O)C(=O)O. The lowest BCUT2D eigenvalue weighted by Crippen LogP contribution is -2.18. The summed E-state index contributed by atoms with van der Waals surface area (Å²) in [7, 11) is 0. The first kappa shape index (κ1) is 25.2. The van der Waals surface area contributed by atoms with Crippen molar-refractivity contribution in [1.29, 1.82) is 0 Å². The van der Waals surface area contributed by atoms with E-state index in [9.17, 15) is 4.79 Å². The molecule has 0 aliphatic heterocycles. The van der Waals surface area contributed by atoms with Crippen LogP contribution in [0.2, 0.25) is 0 Å². The van der Waals surface area contributed by atoms with Gasteiger partial charge in [0.15, 0.2) is 6.10 Å². The Bertz CT molecular complexity index is 325. The molecule has 0 amide bonds. The van der Waals surface area contributed by atoms with E-state index in [2.05, 4.69) is 19.1 Å². The number of aliphatic carboxylic acids is 1. The van der Waals surface area contributed by atoms with Gasteiger partial charge < -0.3 is 10.2 Å². The number of carbonyl (C=O) groups is 1. The average molecular weight is 369 g/mol. The van der Waals surface area contributed by atoms with Gasteiger partial charge in [0.05, 0.1) is 0 Å². The molecule has 0 heterocycles. The van der Waals surface area contributed by atoms with Gasteiger partial charge in [-0.05, 0) is 32.1 Å². The summed E-state index contributed by atoms with van der Waals surface area (Å²) in [5.74, 6) is -1.09. The molecule has 154 valence electrons. The number of unbranched alkanes of at least 4 members (excludes halogenated alkanes) is 15. The van der Waals surface area contributed by atoms with Gasteiger partial charge in [-0.15, -0.1) is 0 Å². The Balaban J connectivity index is 3.11. The van der Waals surface area contributed by atoms with Crippen LogP contribution in [0.1, 0.15) is 122 Å². The largest absolute Gasteiger partial charge is 0.479 e. The predicted molar refractivity (Wildman–Crippen MR) is 112 cm³/mol. The fourth-order valence-electron chi connectivity index (χ4n) is 3.24. The molecule has 0 saturated carbocycles. The molecule has 0 aromatic heterocycles. The Morgan fingerprint density at radius 1 is 0.692 bits per heavy atom.